The molecule has 0 fully saturated rings. The molecule has 0 aliphatic carbocycles. The normalized spacial score (nSPS) is 11.7. The van der Waals surface area contributed by atoms with Crippen LogP contribution in [-0.4, -0.2) is 23.7 Å². The Morgan fingerprint density at radius 1 is 1.14 bits per heavy atom. The number of imidazole rings is 1. The van der Waals surface area contributed by atoms with Gasteiger partial charge in [0.1, 0.15) is 0 Å². The Hall–Kier alpha value is -2.72. The zero-order valence-corrected chi connectivity index (χ0v) is 17.3. The van der Waals surface area contributed by atoms with Crippen LogP contribution in [0.25, 0.3) is 16.2 Å². The predicted octanol–water partition coefficient (Wildman–Crippen LogP) is 3.54. The van der Waals surface area contributed by atoms with Gasteiger partial charge in [0.2, 0.25) is 15.9 Å². The highest BCUT2D eigenvalue weighted by Crippen LogP contribution is 2.25. The van der Waals surface area contributed by atoms with Gasteiger partial charge in [-0.25, -0.2) is 18.5 Å². The van der Waals surface area contributed by atoms with Gasteiger partial charge in [0.05, 0.1) is 17.0 Å². The number of nitrogens with zero attached hydrogens (tertiary/aromatic N) is 2. The van der Waals surface area contributed by atoms with Crippen LogP contribution in [0, 0.1) is 0 Å². The van der Waals surface area contributed by atoms with E-state index in [1.165, 1.54) is 35.6 Å². The smallest absolute Gasteiger partial charge is 0.238 e. The third kappa shape index (κ3) is 4.33. The van der Waals surface area contributed by atoms with E-state index in [-0.39, 0.29) is 17.2 Å². The van der Waals surface area contributed by atoms with E-state index in [1.807, 2.05) is 28.1 Å². The van der Waals surface area contributed by atoms with Gasteiger partial charge in [0, 0.05) is 33.5 Å². The number of primary sulfonamides is 1. The molecular weight excluding hydrogens is 432 g/mol. The van der Waals surface area contributed by atoms with Crippen molar-refractivity contribution < 1.29 is 13.2 Å². The Labute approximate surface area is 175 Å². The monoisotopic (exact) mass is 446 g/mol. The highest BCUT2D eigenvalue weighted by atomic mass is 35.5. The minimum Gasteiger partial charge on any atom is -0.326 e. The Morgan fingerprint density at radius 2 is 1.83 bits per heavy atom. The van der Waals surface area contributed by atoms with Crippen LogP contribution in [0.2, 0.25) is 5.02 Å². The topological polar surface area (TPSA) is 107 Å². The molecule has 0 bridgehead atoms. The largest absolute Gasteiger partial charge is 0.326 e. The first-order chi connectivity index (χ1) is 13.8. The maximum absolute atomic E-state index is 12.4. The number of fused-ring (bicyclic) bond motifs is 1. The maximum atomic E-state index is 12.4. The van der Waals surface area contributed by atoms with E-state index < -0.39 is 10.0 Å². The molecule has 0 atom stereocenters. The molecule has 0 spiro atoms. The van der Waals surface area contributed by atoms with Crippen molar-refractivity contribution in [3.8, 4) is 11.3 Å². The summed E-state index contributed by atoms with van der Waals surface area (Å²) in [5, 5.41) is 10.4. The third-order valence-corrected chi connectivity index (χ3v) is 6.30. The van der Waals surface area contributed by atoms with Crippen molar-refractivity contribution in [3.05, 3.63) is 70.8 Å². The van der Waals surface area contributed by atoms with E-state index in [1.54, 1.807) is 12.1 Å². The van der Waals surface area contributed by atoms with Gasteiger partial charge in [-0.15, -0.1) is 11.3 Å². The summed E-state index contributed by atoms with van der Waals surface area (Å²) in [6.45, 7) is 0. The molecule has 0 unspecified atom stereocenters. The van der Waals surface area contributed by atoms with Crippen molar-refractivity contribution in [3.63, 3.8) is 0 Å². The maximum Gasteiger partial charge on any atom is 0.238 e. The average Bonchev–Trinajstić information content (AvgIpc) is 3.24. The van der Waals surface area contributed by atoms with E-state index in [9.17, 15) is 13.2 Å². The minimum atomic E-state index is -3.77. The summed E-state index contributed by atoms with van der Waals surface area (Å²) in [7, 11) is -3.77. The lowest BCUT2D eigenvalue weighted by molar-refractivity contribution is -0.115. The van der Waals surface area contributed by atoms with Crippen LogP contribution >= 0.6 is 22.9 Å². The molecule has 1 amide bonds. The van der Waals surface area contributed by atoms with Crippen LogP contribution in [0.15, 0.2) is 65.0 Å². The van der Waals surface area contributed by atoms with Crippen LogP contribution in [-0.2, 0) is 21.2 Å². The summed E-state index contributed by atoms with van der Waals surface area (Å²) in [4.78, 5) is 17.8. The fourth-order valence-electron chi connectivity index (χ4n) is 2.81. The summed E-state index contributed by atoms with van der Waals surface area (Å²) >= 11 is 7.38. The first kappa shape index (κ1) is 19.6. The van der Waals surface area contributed by atoms with Gasteiger partial charge in [-0.05, 0) is 36.4 Å². The molecule has 7 nitrogen and oxygen atoms in total. The number of sulfonamides is 1. The molecule has 0 radical (unpaired) electrons. The van der Waals surface area contributed by atoms with Gasteiger partial charge in [-0.3, -0.25) is 9.20 Å². The molecule has 0 aliphatic rings. The van der Waals surface area contributed by atoms with Crippen molar-refractivity contribution in [1.29, 1.82) is 0 Å². The van der Waals surface area contributed by atoms with E-state index in [4.69, 9.17) is 16.7 Å². The Morgan fingerprint density at radius 3 is 2.48 bits per heavy atom. The standard InChI is InChI=1S/C19H15ClN4O3S2/c20-13-3-1-12(2-4-13)17-10-24-15(11-28-19(24)23-17)9-18(25)22-14-5-7-16(8-6-14)29(21,26)27/h1-8,10-11H,9H2,(H,22,25)(H2,21,26,27). The number of anilines is 1. The van der Waals surface area contributed by atoms with Crippen molar-refractivity contribution >= 4 is 49.5 Å². The van der Waals surface area contributed by atoms with Crippen LogP contribution in [0.3, 0.4) is 0 Å². The van der Waals surface area contributed by atoms with Crippen molar-refractivity contribution in [1.82, 2.24) is 9.38 Å². The van der Waals surface area contributed by atoms with Gasteiger partial charge in [-0.1, -0.05) is 23.7 Å². The molecule has 0 saturated carbocycles. The van der Waals surface area contributed by atoms with Crippen LogP contribution in [0.1, 0.15) is 5.69 Å². The summed E-state index contributed by atoms with van der Waals surface area (Å²) in [6, 6.07) is 13.1. The van der Waals surface area contributed by atoms with E-state index in [0.717, 1.165) is 21.9 Å². The number of nitrogens with one attached hydrogen (secondary N) is 1. The van der Waals surface area contributed by atoms with E-state index in [0.29, 0.717) is 10.7 Å². The van der Waals surface area contributed by atoms with Crippen LogP contribution < -0.4 is 10.5 Å². The zero-order valence-electron chi connectivity index (χ0n) is 14.9. The summed E-state index contributed by atoms with van der Waals surface area (Å²) in [6.07, 6.45) is 2.03. The number of carbonyl (C=O) groups excluding carboxylic acids is 1. The van der Waals surface area contributed by atoms with Gasteiger partial charge in [0.15, 0.2) is 4.96 Å². The number of benzene rings is 2. The number of hydrogen-bond donors (Lipinski definition) is 2. The first-order valence-corrected chi connectivity index (χ1v) is 11.2. The number of nitrogens with two attached hydrogens (primary N) is 1. The molecule has 2 aromatic heterocycles. The number of rotatable bonds is 5. The van der Waals surface area contributed by atoms with Crippen molar-refractivity contribution in [2.45, 2.75) is 11.3 Å². The summed E-state index contributed by atoms with van der Waals surface area (Å²) in [5.74, 6) is -0.227. The summed E-state index contributed by atoms with van der Waals surface area (Å²) in [5.41, 5.74) is 3.03. The quantitative estimate of drug-likeness (QED) is 0.488. The van der Waals surface area contributed by atoms with E-state index in [2.05, 4.69) is 10.3 Å². The van der Waals surface area contributed by atoms with Crippen molar-refractivity contribution in [2.75, 3.05) is 5.32 Å². The van der Waals surface area contributed by atoms with Gasteiger partial charge in [0.25, 0.3) is 0 Å². The number of thiazole rings is 1. The fraction of sp³-hybridized carbons (Fsp3) is 0.0526. The molecule has 4 rings (SSSR count). The lowest BCUT2D eigenvalue weighted by Gasteiger charge is -2.06. The molecule has 29 heavy (non-hydrogen) atoms. The Kier molecular flexibility index (Phi) is 5.13. The second kappa shape index (κ2) is 7.60. The van der Waals surface area contributed by atoms with Gasteiger partial charge in [-0.2, -0.15) is 0 Å². The SMILES string of the molecule is NS(=O)(=O)c1ccc(NC(=O)Cc2csc3nc(-c4ccc(Cl)cc4)cn23)cc1. The lowest BCUT2D eigenvalue weighted by atomic mass is 10.2. The number of aromatic nitrogens is 2. The molecule has 0 aliphatic heterocycles. The molecule has 4 aromatic rings. The van der Waals surface area contributed by atoms with Gasteiger partial charge >= 0.3 is 0 Å². The lowest BCUT2D eigenvalue weighted by Crippen LogP contribution is -2.16. The molecule has 2 heterocycles. The first-order valence-electron chi connectivity index (χ1n) is 8.44. The Balaban J connectivity index is 1.50. The Bertz CT molecular complexity index is 1290. The number of carbonyl (C=O) groups is 1. The predicted molar refractivity (Wildman–Crippen MR) is 114 cm³/mol. The molecule has 10 heteroatoms. The molecular formula is C19H15ClN4O3S2. The van der Waals surface area contributed by atoms with Gasteiger partial charge < -0.3 is 5.32 Å². The molecule has 148 valence electrons. The van der Waals surface area contributed by atoms with Crippen LogP contribution in [0.5, 0.6) is 0 Å². The third-order valence-electron chi connectivity index (χ3n) is 4.23. The highest BCUT2D eigenvalue weighted by Gasteiger charge is 2.13. The second-order valence-corrected chi connectivity index (χ2v) is 9.14. The number of hydrogen-bond acceptors (Lipinski definition) is 5. The van der Waals surface area contributed by atoms with Crippen molar-refractivity contribution in [2.24, 2.45) is 5.14 Å². The average molecular weight is 447 g/mol. The van der Waals surface area contributed by atoms with Crippen LogP contribution in [0.4, 0.5) is 5.69 Å². The molecule has 2 aromatic carbocycles. The minimum absolute atomic E-state index is 0.0109. The van der Waals surface area contributed by atoms with E-state index >= 15 is 0 Å². The number of amides is 1. The molecule has 0 saturated heterocycles. The second-order valence-electron chi connectivity index (χ2n) is 6.31. The highest BCUT2D eigenvalue weighted by molar-refractivity contribution is 7.89. The summed E-state index contributed by atoms with van der Waals surface area (Å²) < 4.78 is 24.5. The number of halogens is 1. The zero-order chi connectivity index (χ0) is 20.6. The molecule has 3 N–H and O–H groups in total. The fourth-order valence-corrected chi connectivity index (χ4v) is 4.33.